The van der Waals surface area contributed by atoms with Crippen molar-refractivity contribution in [3.8, 4) is 0 Å². The van der Waals surface area contributed by atoms with Gasteiger partial charge in [-0.05, 0) is 98.4 Å². The Hall–Kier alpha value is -3.55. The van der Waals surface area contributed by atoms with Crippen LogP contribution >= 0.6 is 11.8 Å². The van der Waals surface area contributed by atoms with E-state index >= 15 is 0 Å². The minimum absolute atomic E-state index is 1.08. The van der Waals surface area contributed by atoms with Crippen LogP contribution in [0.2, 0.25) is 0 Å². The molecule has 0 fully saturated rings. The summed E-state index contributed by atoms with van der Waals surface area (Å²) < 4.78 is 0. The third-order valence-electron chi connectivity index (χ3n) is 6.28. The molecule has 5 rings (SSSR count). The van der Waals surface area contributed by atoms with E-state index in [0.717, 1.165) is 6.42 Å². The van der Waals surface area contributed by atoms with E-state index in [1.165, 1.54) is 54.3 Å². The number of hydrogen-bond acceptors (Lipinski definition) is 1. The number of rotatable bonds is 6. The maximum Gasteiger partial charge on any atom is 0.00695 e. The van der Waals surface area contributed by atoms with E-state index in [0.29, 0.717) is 0 Å². The summed E-state index contributed by atoms with van der Waals surface area (Å²) in [6, 6.07) is 35.5. The van der Waals surface area contributed by atoms with Crippen LogP contribution in [0.1, 0.15) is 34.7 Å². The van der Waals surface area contributed by atoms with Gasteiger partial charge in [0.1, 0.15) is 0 Å². The molecule has 0 aliphatic rings. The average Bonchev–Trinajstić information content (AvgIpc) is 2.90. The van der Waals surface area contributed by atoms with Gasteiger partial charge in [0, 0.05) is 4.90 Å². The lowest BCUT2D eigenvalue weighted by atomic mass is 9.99. The van der Waals surface area contributed by atoms with E-state index in [4.69, 9.17) is 0 Å². The Labute approximate surface area is 206 Å². The minimum Gasteiger partial charge on any atom is -0.130 e. The standard InChI is InChI=1S/C33H28S/c1-3-24-4-6-25(7-5-24)8-10-27-12-16-29-23-32-21-28(13-17-30(32)22-31(29)20-27)11-9-26-14-18-33(34-2)19-15-26/h4-23H,3H2,1-2H3/b10-8+,11-9+. The lowest BCUT2D eigenvalue weighted by Gasteiger charge is -2.05. The molecule has 0 bridgehead atoms. The monoisotopic (exact) mass is 456 g/mol. The summed E-state index contributed by atoms with van der Waals surface area (Å²) in [6.07, 6.45) is 11.9. The number of thioether (sulfide) groups is 1. The summed E-state index contributed by atoms with van der Waals surface area (Å²) in [6.45, 7) is 2.19. The van der Waals surface area contributed by atoms with E-state index < -0.39 is 0 Å². The van der Waals surface area contributed by atoms with Crippen molar-refractivity contribution in [3.05, 3.63) is 125 Å². The Morgan fingerprint density at radius 1 is 0.500 bits per heavy atom. The zero-order valence-electron chi connectivity index (χ0n) is 19.7. The molecule has 0 unspecified atom stereocenters. The van der Waals surface area contributed by atoms with Crippen molar-refractivity contribution in [2.75, 3.05) is 6.26 Å². The summed E-state index contributed by atoms with van der Waals surface area (Å²) in [7, 11) is 0. The summed E-state index contributed by atoms with van der Waals surface area (Å²) >= 11 is 1.77. The maximum absolute atomic E-state index is 2.30. The van der Waals surface area contributed by atoms with Crippen LogP contribution < -0.4 is 0 Å². The Morgan fingerprint density at radius 3 is 1.41 bits per heavy atom. The van der Waals surface area contributed by atoms with Crippen molar-refractivity contribution < 1.29 is 0 Å². The Bertz CT molecular complexity index is 1370. The molecular weight excluding hydrogens is 428 g/mol. The smallest absolute Gasteiger partial charge is 0.00695 e. The van der Waals surface area contributed by atoms with Crippen LogP contribution in [0.15, 0.2) is 102 Å². The first kappa shape index (κ1) is 22.3. The molecule has 0 heterocycles. The van der Waals surface area contributed by atoms with Crippen LogP contribution in [-0.2, 0) is 6.42 Å². The van der Waals surface area contributed by atoms with Gasteiger partial charge < -0.3 is 0 Å². The molecule has 0 aliphatic carbocycles. The topological polar surface area (TPSA) is 0 Å². The van der Waals surface area contributed by atoms with E-state index in [1.807, 2.05) is 0 Å². The molecule has 34 heavy (non-hydrogen) atoms. The van der Waals surface area contributed by atoms with E-state index in [2.05, 4.69) is 135 Å². The second kappa shape index (κ2) is 10.2. The first-order valence-electron chi connectivity index (χ1n) is 11.8. The molecule has 0 aliphatic heterocycles. The molecule has 0 N–H and O–H groups in total. The van der Waals surface area contributed by atoms with Crippen molar-refractivity contribution in [1.29, 1.82) is 0 Å². The van der Waals surface area contributed by atoms with Crippen molar-refractivity contribution >= 4 is 57.6 Å². The van der Waals surface area contributed by atoms with Crippen LogP contribution in [0.5, 0.6) is 0 Å². The Balaban J connectivity index is 1.38. The highest BCUT2D eigenvalue weighted by Gasteiger charge is 2.01. The second-order valence-electron chi connectivity index (χ2n) is 8.60. The predicted molar refractivity (Wildman–Crippen MR) is 153 cm³/mol. The highest BCUT2D eigenvalue weighted by Crippen LogP contribution is 2.26. The molecule has 0 nitrogen and oxygen atoms in total. The van der Waals surface area contributed by atoms with Gasteiger partial charge in [0.05, 0.1) is 0 Å². The van der Waals surface area contributed by atoms with E-state index in [-0.39, 0.29) is 0 Å². The van der Waals surface area contributed by atoms with Crippen LogP contribution in [0, 0.1) is 0 Å². The fourth-order valence-corrected chi connectivity index (χ4v) is 4.61. The van der Waals surface area contributed by atoms with E-state index in [9.17, 15) is 0 Å². The van der Waals surface area contributed by atoms with Crippen molar-refractivity contribution in [2.24, 2.45) is 0 Å². The Kier molecular flexibility index (Phi) is 6.65. The fraction of sp³-hybridized carbons (Fsp3) is 0.0909. The minimum atomic E-state index is 1.08. The third kappa shape index (κ3) is 5.16. The van der Waals surface area contributed by atoms with Gasteiger partial charge in [0.2, 0.25) is 0 Å². The molecule has 0 amide bonds. The van der Waals surface area contributed by atoms with Gasteiger partial charge in [-0.3, -0.25) is 0 Å². The summed E-state index contributed by atoms with van der Waals surface area (Å²) in [5.41, 5.74) is 6.26. The van der Waals surface area contributed by atoms with Crippen molar-refractivity contribution in [1.82, 2.24) is 0 Å². The van der Waals surface area contributed by atoms with E-state index in [1.54, 1.807) is 11.8 Å². The lowest BCUT2D eigenvalue weighted by molar-refractivity contribution is 1.14. The maximum atomic E-state index is 2.30. The highest BCUT2D eigenvalue weighted by atomic mass is 32.2. The normalized spacial score (nSPS) is 11.8. The van der Waals surface area contributed by atoms with Crippen molar-refractivity contribution in [3.63, 3.8) is 0 Å². The molecular formula is C33H28S. The van der Waals surface area contributed by atoms with Gasteiger partial charge in [-0.1, -0.05) is 91.9 Å². The molecule has 5 aromatic carbocycles. The van der Waals surface area contributed by atoms with Crippen LogP contribution in [0.3, 0.4) is 0 Å². The molecule has 0 aromatic heterocycles. The molecule has 0 spiro atoms. The van der Waals surface area contributed by atoms with Gasteiger partial charge in [0.25, 0.3) is 0 Å². The zero-order chi connectivity index (χ0) is 23.3. The second-order valence-corrected chi connectivity index (χ2v) is 9.48. The first-order chi connectivity index (χ1) is 16.7. The summed E-state index contributed by atoms with van der Waals surface area (Å²) in [5.74, 6) is 0. The van der Waals surface area contributed by atoms with Gasteiger partial charge in [-0.25, -0.2) is 0 Å². The predicted octanol–water partition coefficient (Wildman–Crippen LogP) is 9.62. The molecule has 0 saturated carbocycles. The van der Waals surface area contributed by atoms with Gasteiger partial charge in [-0.2, -0.15) is 0 Å². The van der Waals surface area contributed by atoms with Crippen LogP contribution in [0.25, 0.3) is 45.8 Å². The third-order valence-corrected chi connectivity index (χ3v) is 7.03. The first-order valence-corrected chi connectivity index (χ1v) is 13.0. The summed E-state index contributed by atoms with van der Waals surface area (Å²) in [4.78, 5) is 1.29. The van der Waals surface area contributed by atoms with Gasteiger partial charge in [-0.15, -0.1) is 11.8 Å². The zero-order valence-corrected chi connectivity index (χ0v) is 20.5. The number of hydrogen-bond donors (Lipinski definition) is 0. The lowest BCUT2D eigenvalue weighted by Crippen LogP contribution is -1.81. The Morgan fingerprint density at radius 2 is 0.941 bits per heavy atom. The molecule has 0 saturated heterocycles. The van der Waals surface area contributed by atoms with Gasteiger partial charge >= 0.3 is 0 Å². The largest absolute Gasteiger partial charge is 0.130 e. The molecule has 166 valence electrons. The molecule has 5 aromatic rings. The highest BCUT2D eigenvalue weighted by molar-refractivity contribution is 7.98. The summed E-state index contributed by atoms with van der Waals surface area (Å²) in [5, 5.41) is 5.08. The van der Waals surface area contributed by atoms with Crippen LogP contribution in [-0.4, -0.2) is 6.26 Å². The molecule has 0 radical (unpaired) electrons. The number of fused-ring (bicyclic) bond motifs is 2. The fourth-order valence-electron chi connectivity index (χ4n) is 4.21. The van der Waals surface area contributed by atoms with Crippen molar-refractivity contribution in [2.45, 2.75) is 18.2 Å². The van der Waals surface area contributed by atoms with Gasteiger partial charge in [0.15, 0.2) is 0 Å². The SMILES string of the molecule is CCc1ccc(/C=C/c2ccc3cc4cc(/C=C/c5ccc(SC)cc5)ccc4cc3c2)cc1. The number of aryl methyl sites for hydroxylation is 1. The quantitative estimate of drug-likeness (QED) is 0.139. The molecule has 0 atom stereocenters. The number of benzene rings is 5. The molecule has 1 heteroatoms. The van der Waals surface area contributed by atoms with Crippen LogP contribution in [0.4, 0.5) is 0 Å². The average molecular weight is 457 g/mol.